The first-order valence-electron chi connectivity index (χ1n) is 17.6. The molecule has 0 spiro atoms. The molecule has 2 amide bonds. The highest BCUT2D eigenvalue weighted by molar-refractivity contribution is 5.72. The van der Waals surface area contributed by atoms with Gasteiger partial charge in [-0.1, -0.05) is 47.9 Å². The van der Waals surface area contributed by atoms with Crippen molar-refractivity contribution in [3.05, 3.63) is 130 Å². The molecule has 2 aromatic heterocycles. The minimum absolute atomic E-state index is 0.179. The molecular weight excluding hydrogens is 694 g/mol. The summed E-state index contributed by atoms with van der Waals surface area (Å²) in [5, 5.41) is 25.1. The number of hydrogen-bond donors (Lipinski definition) is 4. The van der Waals surface area contributed by atoms with Crippen LogP contribution < -0.4 is 10.6 Å². The van der Waals surface area contributed by atoms with Crippen LogP contribution in [0.4, 0.5) is 18.4 Å². The van der Waals surface area contributed by atoms with E-state index in [-0.39, 0.29) is 23.5 Å². The van der Waals surface area contributed by atoms with Crippen molar-refractivity contribution >= 4 is 12.2 Å². The molecule has 4 heterocycles. The highest BCUT2D eigenvalue weighted by Gasteiger charge is 2.40. The number of hydrogen-bond acceptors (Lipinski definition) is 8. The molecule has 10 nitrogen and oxygen atoms in total. The summed E-state index contributed by atoms with van der Waals surface area (Å²) in [7, 11) is 0. The zero-order valence-corrected chi connectivity index (χ0v) is 29.6. The molecule has 276 valence electrons. The number of halogens is 2. The van der Waals surface area contributed by atoms with E-state index in [1.54, 1.807) is 49.1 Å². The van der Waals surface area contributed by atoms with Crippen molar-refractivity contribution in [2.75, 3.05) is 0 Å². The molecule has 2 saturated heterocycles. The maximum absolute atomic E-state index is 13.6. The van der Waals surface area contributed by atoms with Crippen LogP contribution in [0.25, 0.3) is 0 Å². The first-order chi connectivity index (χ1) is 25.8. The molecule has 4 N–H and O–H groups in total. The van der Waals surface area contributed by atoms with Gasteiger partial charge in [-0.2, -0.15) is 0 Å². The van der Waals surface area contributed by atoms with Gasteiger partial charge in [0.25, 0.3) is 0 Å². The zero-order chi connectivity index (χ0) is 38.0. The van der Waals surface area contributed by atoms with Gasteiger partial charge in [-0.25, -0.2) is 18.4 Å². The van der Waals surface area contributed by atoms with E-state index >= 15 is 0 Å². The topological polar surface area (TPSA) is 143 Å². The van der Waals surface area contributed by atoms with Crippen LogP contribution >= 0.6 is 0 Å². The number of ether oxygens (including phenoxy) is 2. The van der Waals surface area contributed by atoms with Crippen molar-refractivity contribution in [3.63, 3.8) is 0 Å². The monoisotopic (exact) mass is 732 g/mol. The highest BCUT2D eigenvalue weighted by atomic mass is 19.1. The second kappa shape index (κ2) is 14.9. The second-order valence-electron chi connectivity index (χ2n) is 14.8. The van der Waals surface area contributed by atoms with Crippen LogP contribution in [0.3, 0.4) is 0 Å². The lowest BCUT2D eigenvalue weighted by Gasteiger charge is -2.37. The van der Waals surface area contributed by atoms with Gasteiger partial charge in [0.05, 0.1) is 11.2 Å². The van der Waals surface area contributed by atoms with Gasteiger partial charge in [-0.15, -0.1) is 0 Å². The highest BCUT2D eigenvalue weighted by Crippen LogP contribution is 2.40. The van der Waals surface area contributed by atoms with E-state index in [0.29, 0.717) is 36.8 Å². The summed E-state index contributed by atoms with van der Waals surface area (Å²) in [5.41, 5.74) is 2.85. The second-order valence-corrected chi connectivity index (χ2v) is 14.8. The van der Waals surface area contributed by atoms with Crippen molar-refractivity contribution in [3.8, 4) is 23.7 Å². The van der Waals surface area contributed by atoms with Crippen molar-refractivity contribution in [1.82, 2.24) is 20.6 Å². The number of cyclic esters (lactones) is 2. The smallest absolute Gasteiger partial charge is 0.408 e. The van der Waals surface area contributed by atoms with Crippen molar-refractivity contribution < 1.29 is 38.1 Å². The number of amides is 2. The molecule has 0 unspecified atom stereocenters. The van der Waals surface area contributed by atoms with Crippen LogP contribution in [0.2, 0.25) is 0 Å². The predicted octanol–water partition coefficient (Wildman–Crippen LogP) is 6.51. The molecular formula is C42H38F2N4O6. The Morgan fingerprint density at radius 2 is 1.06 bits per heavy atom. The zero-order valence-electron chi connectivity index (χ0n) is 29.6. The molecule has 2 saturated carbocycles. The Balaban J connectivity index is 0.000000167. The van der Waals surface area contributed by atoms with E-state index in [2.05, 4.69) is 44.3 Å². The van der Waals surface area contributed by atoms with Crippen LogP contribution in [0.5, 0.6) is 0 Å². The van der Waals surface area contributed by atoms with E-state index in [9.17, 15) is 28.6 Å². The molecule has 2 aliphatic heterocycles. The van der Waals surface area contributed by atoms with Crippen LogP contribution in [0.15, 0.2) is 85.5 Å². The Labute approximate surface area is 311 Å². The molecule has 8 rings (SSSR count). The third kappa shape index (κ3) is 8.69. The fraction of sp³-hybridized carbons (Fsp3) is 0.333. The molecule has 4 aliphatic rings. The summed E-state index contributed by atoms with van der Waals surface area (Å²) in [6.45, 7) is 3.62. The molecule has 54 heavy (non-hydrogen) atoms. The largest absolute Gasteiger partial charge is 0.439 e. The van der Waals surface area contributed by atoms with Gasteiger partial charge in [0.15, 0.2) is 12.2 Å². The van der Waals surface area contributed by atoms with E-state index in [4.69, 9.17) is 9.47 Å². The average Bonchev–Trinajstić information content (AvgIpc) is 3.71. The molecule has 4 aromatic rings. The van der Waals surface area contributed by atoms with Gasteiger partial charge in [0, 0.05) is 47.8 Å². The lowest BCUT2D eigenvalue weighted by atomic mass is 9.72. The first-order valence-corrected chi connectivity index (χ1v) is 17.6. The number of alkyl carbamates (subject to hydrolysis) is 2. The molecule has 0 bridgehead atoms. The first kappa shape index (κ1) is 36.5. The van der Waals surface area contributed by atoms with Crippen molar-refractivity contribution in [2.45, 2.75) is 75.0 Å². The molecule has 4 fully saturated rings. The van der Waals surface area contributed by atoms with Gasteiger partial charge in [-0.05, 0) is 98.2 Å². The number of rotatable bonds is 4. The lowest BCUT2D eigenvalue weighted by Crippen LogP contribution is -2.39. The third-order valence-electron chi connectivity index (χ3n) is 9.80. The van der Waals surface area contributed by atoms with Gasteiger partial charge in [0.1, 0.15) is 23.7 Å². The van der Waals surface area contributed by atoms with Gasteiger partial charge in [0.2, 0.25) is 0 Å². The van der Waals surface area contributed by atoms with Crippen molar-refractivity contribution in [1.29, 1.82) is 0 Å². The molecule has 4 atom stereocenters. The van der Waals surface area contributed by atoms with Crippen LogP contribution in [-0.2, 0) is 9.47 Å². The van der Waals surface area contributed by atoms with Gasteiger partial charge >= 0.3 is 12.2 Å². The number of carbonyl (C=O) groups excluding carboxylic acids is 2. The van der Waals surface area contributed by atoms with E-state index in [0.717, 1.165) is 22.3 Å². The fourth-order valence-electron chi connectivity index (χ4n) is 7.22. The van der Waals surface area contributed by atoms with Gasteiger partial charge in [-0.3, -0.25) is 9.97 Å². The Morgan fingerprint density at radius 3 is 1.43 bits per heavy atom. The summed E-state index contributed by atoms with van der Waals surface area (Å²) < 4.78 is 37.8. The third-order valence-corrected chi connectivity index (χ3v) is 9.80. The maximum Gasteiger partial charge on any atom is 0.408 e. The predicted molar refractivity (Wildman–Crippen MR) is 192 cm³/mol. The summed E-state index contributed by atoms with van der Waals surface area (Å²) in [6, 6.07) is 14.8. The van der Waals surface area contributed by atoms with Crippen molar-refractivity contribution in [2.24, 2.45) is 11.8 Å². The number of benzene rings is 2. The minimum Gasteiger partial charge on any atom is -0.439 e. The van der Waals surface area contributed by atoms with Crippen LogP contribution in [0.1, 0.15) is 97.2 Å². The van der Waals surface area contributed by atoms with E-state index < -0.39 is 47.7 Å². The Morgan fingerprint density at radius 1 is 0.648 bits per heavy atom. The Hall–Kier alpha value is -5.82. The summed E-state index contributed by atoms with van der Waals surface area (Å²) in [4.78, 5) is 32.0. The van der Waals surface area contributed by atoms with E-state index in [1.807, 2.05) is 26.0 Å². The minimum atomic E-state index is -0.639. The molecule has 2 aliphatic carbocycles. The molecule has 2 aromatic carbocycles. The van der Waals surface area contributed by atoms with Crippen LogP contribution in [0, 0.1) is 47.2 Å². The average molecular weight is 733 g/mol. The number of pyridine rings is 2. The number of carbonyl (C=O) groups is 2. The summed E-state index contributed by atoms with van der Waals surface area (Å²) >= 11 is 0. The quantitative estimate of drug-likeness (QED) is 0.174. The normalized spacial score (nSPS) is 29.1. The lowest BCUT2D eigenvalue weighted by molar-refractivity contribution is -0.0391. The molecule has 12 heteroatoms. The number of aromatic nitrogens is 2. The number of nitrogens with one attached hydrogen (secondary N) is 2. The van der Waals surface area contributed by atoms with E-state index in [1.165, 1.54) is 24.3 Å². The fourth-order valence-corrected chi connectivity index (χ4v) is 7.22. The Kier molecular flexibility index (Phi) is 10.1. The van der Waals surface area contributed by atoms with Crippen LogP contribution in [-0.4, -0.2) is 43.6 Å². The number of nitrogens with zero attached hydrogens (tertiary/aromatic N) is 2. The summed E-state index contributed by atoms with van der Waals surface area (Å²) in [5.74, 6) is 12.1. The maximum atomic E-state index is 13.6. The van der Waals surface area contributed by atoms with Gasteiger partial charge < -0.3 is 30.3 Å². The Bertz CT molecular complexity index is 2030. The number of aliphatic hydroxyl groups is 2. The molecule has 0 radical (unpaired) electrons. The SMILES string of the molecule is CC1(O)CC(C#Cc2cncc([C@H]3NC(=O)O[C@@H]3c3cccc(F)c3)c2)C1.CC1(O)CC(C#Cc2cncc([C@H]3NC(=O)O[C@@H]3c3cccc(F)c3)c2)C1. The summed E-state index contributed by atoms with van der Waals surface area (Å²) in [6.07, 6.45) is 6.89. The standard InChI is InChI=1S/2C21H19FN2O3/c2*1-21(26)9-14(10-21)6-5-13-7-16(12-23-11-13)18-19(27-20(25)24-18)15-3-2-4-17(22)8-15/h2*2-4,7-8,11-12,14,18-19,26H,9-10H2,1H3,(H,24,25)/t2*14?,18-,19-,21?/m11/s1.